The quantitative estimate of drug-likeness (QED) is 0.853. The third-order valence-electron chi connectivity index (χ3n) is 4.24. The first kappa shape index (κ1) is 18.5. The molecule has 0 bridgehead atoms. The molecular weight excluding hydrogens is 369 g/mol. The standard InChI is InChI=1S/C18H16ClF3N2O2/c19-15-5-1-3-12(7-15)9-23-10-13(17(25)26)11-24(23)16-6-2-4-14(8-16)18(20,21)22/h1-8,13H,9-11H2,(H,25,26). The molecule has 4 nitrogen and oxygen atoms in total. The monoisotopic (exact) mass is 384 g/mol. The second-order valence-electron chi connectivity index (χ2n) is 6.14. The number of halogens is 4. The van der Waals surface area contributed by atoms with E-state index in [2.05, 4.69) is 0 Å². The van der Waals surface area contributed by atoms with Gasteiger partial charge in [-0.2, -0.15) is 13.2 Å². The molecule has 1 heterocycles. The number of benzene rings is 2. The fourth-order valence-corrected chi connectivity index (χ4v) is 3.21. The van der Waals surface area contributed by atoms with E-state index in [0.29, 0.717) is 17.3 Å². The maximum absolute atomic E-state index is 13.0. The van der Waals surface area contributed by atoms with E-state index in [4.69, 9.17) is 11.6 Å². The Labute approximate surface area is 153 Å². The molecule has 1 aliphatic rings. The predicted octanol–water partition coefficient (Wildman–Crippen LogP) is 4.30. The summed E-state index contributed by atoms with van der Waals surface area (Å²) in [5.74, 6) is -1.67. The molecule has 1 fully saturated rings. The Bertz CT molecular complexity index is 813. The van der Waals surface area contributed by atoms with Crippen LogP contribution >= 0.6 is 11.6 Å². The van der Waals surface area contributed by atoms with Crippen LogP contribution in [0.1, 0.15) is 11.1 Å². The zero-order chi connectivity index (χ0) is 18.9. The molecule has 138 valence electrons. The zero-order valence-electron chi connectivity index (χ0n) is 13.6. The Morgan fingerprint density at radius 2 is 1.88 bits per heavy atom. The summed E-state index contributed by atoms with van der Waals surface area (Å²) in [5.41, 5.74) is 0.391. The van der Waals surface area contributed by atoms with Gasteiger partial charge >= 0.3 is 12.1 Å². The van der Waals surface area contributed by atoms with E-state index < -0.39 is 23.6 Å². The fraction of sp³-hybridized carbons (Fsp3) is 0.278. The summed E-state index contributed by atoms with van der Waals surface area (Å²) in [6, 6.07) is 12.0. The minimum atomic E-state index is -4.46. The van der Waals surface area contributed by atoms with Gasteiger partial charge in [0, 0.05) is 24.7 Å². The molecule has 2 aromatic carbocycles. The lowest BCUT2D eigenvalue weighted by Gasteiger charge is -2.30. The van der Waals surface area contributed by atoms with Crippen LogP contribution in [0.2, 0.25) is 5.02 Å². The second-order valence-corrected chi connectivity index (χ2v) is 6.58. The molecule has 0 radical (unpaired) electrons. The van der Waals surface area contributed by atoms with E-state index in [9.17, 15) is 23.1 Å². The van der Waals surface area contributed by atoms with Gasteiger partial charge in [-0.3, -0.25) is 4.79 Å². The van der Waals surface area contributed by atoms with Gasteiger partial charge in [0.05, 0.1) is 17.2 Å². The third-order valence-corrected chi connectivity index (χ3v) is 4.48. The van der Waals surface area contributed by atoms with Gasteiger partial charge in [0.25, 0.3) is 0 Å². The van der Waals surface area contributed by atoms with E-state index in [1.165, 1.54) is 6.07 Å². The van der Waals surface area contributed by atoms with Crippen molar-refractivity contribution in [3.05, 3.63) is 64.7 Å². The number of anilines is 1. The number of carboxylic acid groups (broad SMARTS) is 1. The smallest absolute Gasteiger partial charge is 0.416 e. The first-order chi connectivity index (χ1) is 12.2. The van der Waals surface area contributed by atoms with Crippen LogP contribution in [0.5, 0.6) is 0 Å². The number of carbonyl (C=O) groups is 1. The van der Waals surface area contributed by atoms with Crippen molar-refractivity contribution >= 4 is 23.3 Å². The third kappa shape index (κ3) is 4.11. The molecule has 1 N–H and O–H groups in total. The Hall–Kier alpha value is -2.25. The first-order valence-electron chi connectivity index (χ1n) is 7.91. The molecule has 0 spiro atoms. The molecule has 8 heteroatoms. The average Bonchev–Trinajstić information content (AvgIpc) is 2.98. The Morgan fingerprint density at radius 3 is 2.54 bits per heavy atom. The summed E-state index contributed by atoms with van der Waals surface area (Å²) in [5, 5.41) is 13.2. The molecule has 1 saturated heterocycles. The van der Waals surface area contributed by atoms with E-state index in [1.807, 2.05) is 6.07 Å². The van der Waals surface area contributed by atoms with Gasteiger partial charge in [0.2, 0.25) is 0 Å². The van der Waals surface area contributed by atoms with Gasteiger partial charge in [0.15, 0.2) is 0 Å². The van der Waals surface area contributed by atoms with Gasteiger partial charge in [-0.25, -0.2) is 5.01 Å². The van der Waals surface area contributed by atoms with Gasteiger partial charge in [-0.05, 0) is 35.9 Å². The van der Waals surface area contributed by atoms with Crippen molar-refractivity contribution in [1.82, 2.24) is 5.01 Å². The van der Waals surface area contributed by atoms with Crippen molar-refractivity contribution in [2.45, 2.75) is 12.7 Å². The van der Waals surface area contributed by atoms with Gasteiger partial charge in [-0.1, -0.05) is 29.8 Å². The highest BCUT2D eigenvalue weighted by Crippen LogP contribution is 2.34. The summed E-state index contributed by atoms with van der Waals surface area (Å²) in [6.45, 7) is 0.663. The molecule has 1 unspecified atom stereocenters. The normalized spacial score (nSPS) is 18.3. The van der Waals surface area contributed by atoms with Crippen LogP contribution in [0.15, 0.2) is 48.5 Å². The van der Waals surface area contributed by atoms with Crippen LogP contribution in [-0.4, -0.2) is 29.2 Å². The second kappa shape index (κ2) is 7.17. The topological polar surface area (TPSA) is 43.8 Å². The number of nitrogens with zero attached hydrogens (tertiary/aromatic N) is 2. The van der Waals surface area contributed by atoms with Crippen LogP contribution < -0.4 is 5.01 Å². The molecule has 1 atom stereocenters. The van der Waals surface area contributed by atoms with Crippen LogP contribution in [0.25, 0.3) is 0 Å². The van der Waals surface area contributed by atoms with Crippen molar-refractivity contribution in [2.24, 2.45) is 5.92 Å². The lowest BCUT2D eigenvalue weighted by molar-refractivity contribution is -0.141. The summed E-state index contributed by atoms with van der Waals surface area (Å²) < 4.78 is 39.0. The molecule has 0 aliphatic carbocycles. The number of alkyl halides is 3. The SMILES string of the molecule is O=C(O)C1CN(Cc2cccc(Cl)c2)N(c2cccc(C(F)(F)F)c2)C1. The largest absolute Gasteiger partial charge is 0.481 e. The lowest BCUT2D eigenvalue weighted by Crippen LogP contribution is -2.36. The Morgan fingerprint density at radius 1 is 1.15 bits per heavy atom. The Balaban J connectivity index is 1.90. The molecule has 26 heavy (non-hydrogen) atoms. The molecule has 2 aromatic rings. The first-order valence-corrected chi connectivity index (χ1v) is 8.29. The minimum Gasteiger partial charge on any atom is -0.481 e. The highest BCUT2D eigenvalue weighted by Gasteiger charge is 2.36. The number of rotatable bonds is 4. The van der Waals surface area contributed by atoms with Crippen molar-refractivity contribution < 1.29 is 23.1 Å². The van der Waals surface area contributed by atoms with Crippen LogP contribution in [0.4, 0.5) is 18.9 Å². The number of hydrazine groups is 1. The van der Waals surface area contributed by atoms with Crippen LogP contribution in [-0.2, 0) is 17.5 Å². The number of hydrogen-bond donors (Lipinski definition) is 1. The maximum atomic E-state index is 13.0. The van der Waals surface area contributed by atoms with Crippen molar-refractivity contribution in [1.29, 1.82) is 0 Å². The molecular formula is C18H16ClF3N2O2. The number of carboxylic acids is 1. The minimum absolute atomic E-state index is 0.108. The Kier molecular flexibility index (Phi) is 5.11. The lowest BCUT2D eigenvalue weighted by atomic mass is 10.1. The van der Waals surface area contributed by atoms with Crippen LogP contribution in [0, 0.1) is 5.92 Å². The van der Waals surface area contributed by atoms with E-state index in [-0.39, 0.29) is 13.1 Å². The van der Waals surface area contributed by atoms with Crippen LogP contribution in [0.3, 0.4) is 0 Å². The van der Waals surface area contributed by atoms with Gasteiger partial charge in [-0.15, -0.1) is 0 Å². The predicted molar refractivity (Wildman–Crippen MR) is 91.8 cm³/mol. The average molecular weight is 385 g/mol. The summed E-state index contributed by atoms with van der Waals surface area (Å²) in [6.07, 6.45) is -4.46. The molecule has 3 rings (SSSR count). The van der Waals surface area contributed by atoms with Crippen molar-refractivity contribution in [3.63, 3.8) is 0 Å². The molecule has 0 amide bonds. The molecule has 1 aliphatic heterocycles. The highest BCUT2D eigenvalue weighted by molar-refractivity contribution is 6.30. The summed E-state index contributed by atoms with van der Waals surface area (Å²) in [7, 11) is 0. The van der Waals surface area contributed by atoms with Crippen molar-refractivity contribution in [3.8, 4) is 0 Å². The van der Waals surface area contributed by atoms with E-state index in [1.54, 1.807) is 34.3 Å². The fourth-order valence-electron chi connectivity index (χ4n) is 3.00. The highest BCUT2D eigenvalue weighted by atomic mass is 35.5. The maximum Gasteiger partial charge on any atom is 0.416 e. The summed E-state index contributed by atoms with van der Waals surface area (Å²) >= 11 is 5.98. The molecule has 0 aromatic heterocycles. The van der Waals surface area contributed by atoms with Gasteiger partial charge < -0.3 is 10.1 Å². The van der Waals surface area contributed by atoms with Gasteiger partial charge in [0.1, 0.15) is 0 Å². The van der Waals surface area contributed by atoms with E-state index in [0.717, 1.165) is 17.7 Å². The number of hydrogen-bond acceptors (Lipinski definition) is 3. The van der Waals surface area contributed by atoms with E-state index >= 15 is 0 Å². The zero-order valence-corrected chi connectivity index (χ0v) is 14.3. The van der Waals surface area contributed by atoms with Crippen molar-refractivity contribution in [2.75, 3.05) is 18.1 Å². The molecule has 0 saturated carbocycles. The summed E-state index contributed by atoms with van der Waals surface area (Å²) in [4.78, 5) is 11.4. The number of aliphatic carboxylic acids is 1.